The molecule has 1 N–H and O–H groups in total. The van der Waals surface area contributed by atoms with Crippen LogP contribution in [-0.2, 0) is 4.79 Å². The van der Waals surface area contributed by atoms with Crippen molar-refractivity contribution in [3.05, 3.63) is 12.2 Å². The van der Waals surface area contributed by atoms with Crippen molar-refractivity contribution in [2.75, 3.05) is 27.7 Å². The zero-order valence-corrected chi connectivity index (χ0v) is 8.66. The van der Waals surface area contributed by atoms with E-state index in [1.54, 1.807) is 20.0 Å². The van der Waals surface area contributed by atoms with Gasteiger partial charge in [-0.3, -0.25) is 9.79 Å². The summed E-state index contributed by atoms with van der Waals surface area (Å²) in [5, 5.41) is 2.61. The number of hydrogen-bond donors (Lipinski definition) is 1. The molecule has 4 heteroatoms. The number of likely N-dealkylation sites (N-methyl/N-ethyl adjacent to an activating group) is 1. The van der Waals surface area contributed by atoms with E-state index in [0.717, 1.165) is 6.54 Å². The molecule has 0 spiro atoms. The molecule has 0 aromatic rings. The summed E-state index contributed by atoms with van der Waals surface area (Å²) < 4.78 is 0. The lowest BCUT2D eigenvalue weighted by Crippen LogP contribution is -2.26. The molecule has 0 atom stereocenters. The zero-order chi connectivity index (χ0) is 10.3. The Hall–Kier alpha value is -1.16. The van der Waals surface area contributed by atoms with Gasteiger partial charge < -0.3 is 10.2 Å². The summed E-state index contributed by atoms with van der Waals surface area (Å²) in [6.45, 7) is 2.51. The third-order valence-electron chi connectivity index (χ3n) is 1.38. The summed E-state index contributed by atoms with van der Waals surface area (Å²) in [5.41, 5.74) is 0. The van der Waals surface area contributed by atoms with Crippen molar-refractivity contribution < 1.29 is 4.79 Å². The summed E-state index contributed by atoms with van der Waals surface area (Å²) in [7, 11) is 5.53. The van der Waals surface area contributed by atoms with Crippen LogP contribution in [0.4, 0.5) is 0 Å². The highest BCUT2D eigenvalue weighted by molar-refractivity contribution is 6.02. The maximum absolute atomic E-state index is 11.1. The first-order valence-electron chi connectivity index (χ1n) is 4.12. The summed E-state index contributed by atoms with van der Waals surface area (Å²) in [5.74, 6) is 0.490. The van der Waals surface area contributed by atoms with Crippen molar-refractivity contribution in [1.82, 2.24) is 10.2 Å². The van der Waals surface area contributed by atoms with E-state index in [4.69, 9.17) is 0 Å². The number of amides is 1. The number of rotatable bonds is 3. The predicted octanol–water partition coefficient (Wildman–Crippen LogP) is 0.269. The smallest absolute Gasteiger partial charge is 0.248 e. The van der Waals surface area contributed by atoms with Gasteiger partial charge >= 0.3 is 0 Å². The minimum atomic E-state index is -0.134. The van der Waals surface area contributed by atoms with Crippen molar-refractivity contribution in [3.63, 3.8) is 0 Å². The number of amidine groups is 1. The molecule has 0 bridgehead atoms. The van der Waals surface area contributed by atoms with Gasteiger partial charge in [-0.25, -0.2) is 0 Å². The number of carbonyl (C=O) groups excluding carboxylic acids is 1. The summed E-state index contributed by atoms with van der Waals surface area (Å²) in [4.78, 5) is 16.9. The van der Waals surface area contributed by atoms with Crippen LogP contribution in [0.1, 0.15) is 6.92 Å². The molecule has 4 nitrogen and oxygen atoms in total. The summed E-state index contributed by atoms with van der Waals surface area (Å²) >= 11 is 0. The van der Waals surface area contributed by atoms with Crippen LogP contribution >= 0.6 is 0 Å². The molecule has 0 heterocycles. The highest BCUT2D eigenvalue weighted by atomic mass is 16.1. The van der Waals surface area contributed by atoms with Gasteiger partial charge in [0, 0.05) is 19.7 Å². The van der Waals surface area contributed by atoms with Crippen LogP contribution in [0.25, 0.3) is 0 Å². The van der Waals surface area contributed by atoms with E-state index in [9.17, 15) is 4.79 Å². The number of aliphatic imine (C=N–C) groups is 1. The van der Waals surface area contributed by atoms with Gasteiger partial charge in [0.1, 0.15) is 0 Å². The molecule has 0 saturated heterocycles. The highest BCUT2D eigenvalue weighted by Gasteiger charge is 1.94. The molecule has 1 amide bonds. The minimum absolute atomic E-state index is 0.134. The first-order chi connectivity index (χ1) is 6.06. The number of hydrogen-bond acceptors (Lipinski definition) is 3. The maximum Gasteiger partial charge on any atom is 0.248 e. The van der Waals surface area contributed by atoms with Crippen LogP contribution in [0.2, 0.25) is 0 Å². The Morgan fingerprint density at radius 2 is 2.15 bits per heavy atom. The average molecular weight is 183 g/mol. The summed E-state index contributed by atoms with van der Waals surface area (Å²) in [6.07, 6.45) is 3.31. The van der Waals surface area contributed by atoms with Gasteiger partial charge in [-0.15, -0.1) is 0 Å². The lowest BCUT2D eigenvalue weighted by molar-refractivity contribution is -0.115. The third-order valence-corrected chi connectivity index (χ3v) is 1.38. The lowest BCUT2D eigenvalue weighted by atomic mass is 10.4. The van der Waals surface area contributed by atoms with Crippen LogP contribution in [-0.4, -0.2) is 44.3 Å². The molecular weight excluding hydrogens is 166 g/mol. The minimum Gasteiger partial charge on any atom is -0.311 e. The second kappa shape index (κ2) is 6.37. The number of carbonyl (C=O) groups is 1. The molecule has 0 aromatic heterocycles. The number of nitrogens with zero attached hydrogens (tertiary/aromatic N) is 2. The van der Waals surface area contributed by atoms with Crippen molar-refractivity contribution in [2.45, 2.75) is 6.92 Å². The maximum atomic E-state index is 11.1. The third kappa shape index (κ3) is 7.21. The molecule has 0 fully saturated rings. The van der Waals surface area contributed by atoms with Crippen LogP contribution in [0.3, 0.4) is 0 Å². The Morgan fingerprint density at radius 1 is 1.54 bits per heavy atom. The standard InChI is InChI=1S/C9H17N3O/c1-8(10-2)11-9(13)6-5-7-12(3)4/h5-6H,7H2,1-4H3,(H,10,11,13)/b6-5+. The fraction of sp³-hybridized carbons (Fsp3) is 0.556. The van der Waals surface area contributed by atoms with Gasteiger partial charge in [0.2, 0.25) is 5.91 Å². The second-order valence-corrected chi connectivity index (χ2v) is 2.96. The normalized spacial score (nSPS) is 12.5. The van der Waals surface area contributed by atoms with Crippen molar-refractivity contribution in [1.29, 1.82) is 0 Å². The SMILES string of the molecule is CN=C(C)NC(=O)/C=C/CN(C)C. The molecule has 0 aromatic carbocycles. The van der Waals surface area contributed by atoms with Gasteiger partial charge in [-0.2, -0.15) is 0 Å². The van der Waals surface area contributed by atoms with Crippen LogP contribution in [0.5, 0.6) is 0 Å². The zero-order valence-electron chi connectivity index (χ0n) is 8.66. The molecule has 0 aliphatic rings. The lowest BCUT2D eigenvalue weighted by Gasteiger charge is -2.03. The Labute approximate surface area is 79.3 Å². The van der Waals surface area contributed by atoms with Crippen LogP contribution < -0.4 is 5.32 Å². The topological polar surface area (TPSA) is 44.7 Å². The fourth-order valence-corrected chi connectivity index (χ4v) is 0.646. The highest BCUT2D eigenvalue weighted by Crippen LogP contribution is 1.79. The molecular formula is C9H17N3O. The van der Waals surface area contributed by atoms with Crippen LogP contribution in [0, 0.1) is 0 Å². The molecule has 0 unspecified atom stereocenters. The monoisotopic (exact) mass is 183 g/mol. The molecule has 0 aliphatic heterocycles. The average Bonchev–Trinajstić information content (AvgIpc) is 2.03. The Balaban J connectivity index is 3.81. The first-order valence-corrected chi connectivity index (χ1v) is 4.12. The quantitative estimate of drug-likeness (QED) is 0.388. The van der Waals surface area contributed by atoms with E-state index >= 15 is 0 Å². The molecule has 0 rings (SSSR count). The van der Waals surface area contributed by atoms with Crippen LogP contribution in [0.15, 0.2) is 17.1 Å². The molecule has 0 saturated carbocycles. The largest absolute Gasteiger partial charge is 0.311 e. The predicted molar refractivity (Wildman–Crippen MR) is 54.9 cm³/mol. The number of nitrogens with one attached hydrogen (secondary N) is 1. The van der Waals surface area contributed by atoms with Gasteiger partial charge in [-0.1, -0.05) is 6.08 Å². The van der Waals surface area contributed by atoms with E-state index < -0.39 is 0 Å². The second-order valence-electron chi connectivity index (χ2n) is 2.96. The van der Waals surface area contributed by atoms with Gasteiger partial charge in [0.05, 0.1) is 5.84 Å². The van der Waals surface area contributed by atoms with E-state index in [2.05, 4.69) is 10.3 Å². The molecule has 13 heavy (non-hydrogen) atoms. The van der Waals surface area contributed by atoms with Gasteiger partial charge in [-0.05, 0) is 21.0 Å². The Bertz CT molecular complexity index is 219. The Morgan fingerprint density at radius 3 is 2.62 bits per heavy atom. The van der Waals surface area contributed by atoms with Crippen molar-refractivity contribution in [2.24, 2.45) is 4.99 Å². The summed E-state index contributed by atoms with van der Waals surface area (Å²) in [6, 6.07) is 0. The Kier molecular flexibility index (Phi) is 5.80. The molecule has 0 radical (unpaired) electrons. The van der Waals surface area contributed by atoms with Crippen molar-refractivity contribution in [3.8, 4) is 0 Å². The van der Waals surface area contributed by atoms with Gasteiger partial charge in [0.15, 0.2) is 0 Å². The van der Waals surface area contributed by atoms with E-state index in [0.29, 0.717) is 5.84 Å². The van der Waals surface area contributed by atoms with Crippen molar-refractivity contribution >= 4 is 11.7 Å². The van der Waals surface area contributed by atoms with E-state index in [-0.39, 0.29) is 5.91 Å². The van der Waals surface area contributed by atoms with E-state index in [1.807, 2.05) is 19.0 Å². The molecule has 74 valence electrons. The molecule has 0 aliphatic carbocycles. The van der Waals surface area contributed by atoms with E-state index in [1.165, 1.54) is 6.08 Å². The first kappa shape index (κ1) is 11.8. The van der Waals surface area contributed by atoms with Gasteiger partial charge in [0.25, 0.3) is 0 Å². The fourth-order valence-electron chi connectivity index (χ4n) is 0.646.